The van der Waals surface area contributed by atoms with Crippen LogP contribution < -0.4 is 0 Å². The Labute approximate surface area is 132 Å². The Kier molecular flexibility index (Phi) is 3.98. The van der Waals surface area contributed by atoms with Gasteiger partial charge >= 0.3 is 0 Å². The van der Waals surface area contributed by atoms with Crippen LogP contribution >= 0.6 is 15.9 Å². The lowest BCUT2D eigenvalue weighted by molar-refractivity contribution is -0.104. The molecule has 0 N–H and O–H groups in total. The second-order valence-corrected chi connectivity index (χ2v) is 5.67. The summed E-state index contributed by atoms with van der Waals surface area (Å²) in [5.41, 5.74) is 3.04. The number of aldehydes is 1. The Morgan fingerprint density at radius 1 is 0.857 bits per heavy atom. The third-order valence-electron chi connectivity index (χ3n) is 3.47. The molecule has 3 aromatic carbocycles. The quantitative estimate of drug-likeness (QED) is 0.472. The predicted molar refractivity (Wildman–Crippen MR) is 91.2 cm³/mol. The van der Waals surface area contributed by atoms with E-state index in [0.29, 0.717) is 0 Å². The number of benzene rings is 3. The lowest BCUT2D eigenvalue weighted by atomic mass is 9.93. The van der Waals surface area contributed by atoms with E-state index in [4.69, 9.17) is 0 Å². The van der Waals surface area contributed by atoms with E-state index in [1.54, 1.807) is 6.08 Å². The van der Waals surface area contributed by atoms with Crippen LogP contribution in [-0.2, 0) is 4.79 Å². The zero-order valence-electron chi connectivity index (χ0n) is 11.3. The Morgan fingerprint density at radius 3 is 2.33 bits per heavy atom. The predicted octanol–water partition coefficient (Wildman–Crippen LogP) is 5.23. The maximum Gasteiger partial charge on any atom is 0.143 e. The number of rotatable bonds is 3. The van der Waals surface area contributed by atoms with Crippen molar-refractivity contribution in [1.29, 1.82) is 0 Å². The molecule has 21 heavy (non-hydrogen) atoms. The molecule has 0 unspecified atom stereocenters. The molecule has 3 rings (SSSR count). The highest BCUT2D eigenvalue weighted by Gasteiger charge is 2.08. The number of halogens is 1. The fourth-order valence-electron chi connectivity index (χ4n) is 2.50. The van der Waals surface area contributed by atoms with Crippen LogP contribution in [0.3, 0.4) is 0 Å². The SMILES string of the molecule is O=C/C=C(\c1ccc(Br)cc1)c1cccc2ccccc12. The van der Waals surface area contributed by atoms with E-state index in [1.807, 2.05) is 42.5 Å². The van der Waals surface area contributed by atoms with Crippen LogP contribution in [0.15, 0.2) is 77.3 Å². The van der Waals surface area contributed by atoms with Gasteiger partial charge in [-0.1, -0.05) is 70.5 Å². The second-order valence-electron chi connectivity index (χ2n) is 4.75. The summed E-state index contributed by atoms with van der Waals surface area (Å²) in [6.45, 7) is 0. The first-order valence-corrected chi connectivity index (χ1v) is 7.48. The third kappa shape index (κ3) is 2.81. The van der Waals surface area contributed by atoms with E-state index < -0.39 is 0 Å². The largest absolute Gasteiger partial charge is 0.299 e. The first kappa shape index (κ1) is 13.8. The number of carbonyl (C=O) groups excluding carboxylic acids is 1. The van der Waals surface area contributed by atoms with Gasteiger partial charge in [-0.25, -0.2) is 0 Å². The molecular formula is C19H13BrO. The first-order chi connectivity index (χ1) is 10.3. The lowest BCUT2D eigenvalue weighted by Gasteiger charge is -2.11. The Morgan fingerprint density at radius 2 is 1.57 bits per heavy atom. The first-order valence-electron chi connectivity index (χ1n) is 6.69. The Bertz CT molecular complexity index is 811. The van der Waals surface area contributed by atoms with Gasteiger partial charge in [0, 0.05) is 4.47 Å². The molecule has 0 aliphatic rings. The van der Waals surface area contributed by atoms with Crippen LogP contribution in [0.2, 0.25) is 0 Å². The van der Waals surface area contributed by atoms with Crippen LogP contribution in [0.4, 0.5) is 0 Å². The van der Waals surface area contributed by atoms with E-state index in [2.05, 4.69) is 40.2 Å². The number of hydrogen-bond acceptors (Lipinski definition) is 1. The molecule has 0 aliphatic heterocycles. The van der Waals surface area contributed by atoms with Crippen molar-refractivity contribution in [3.63, 3.8) is 0 Å². The van der Waals surface area contributed by atoms with Crippen molar-refractivity contribution in [3.8, 4) is 0 Å². The molecule has 0 heterocycles. The van der Waals surface area contributed by atoms with Crippen molar-refractivity contribution >= 4 is 38.6 Å². The van der Waals surface area contributed by atoms with Crippen LogP contribution in [-0.4, -0.2) is 6.29 Å². The van der Waals surface area contributed by atoms with E-state index in [0.717, 1.165) is 32.8 Å². The minimum absolute atomic E-state index is 0.846. The average molecular weight is 337 g/mol. The molecule has 1 nitrogen and oxygen atoms in total. The summed E-state index contributed by atoms with van der Waals surface area (Å²) in [4.78, 5) is 11.1. The molecule has 0 aromatic heterocycles. The number of fused-ring (bicyclic) bond motifs is 1. The average Bonchev–Trinajstić information content (AvgIpc) is 2.53. The molecule has 0 saturated carbocycles. The van der Waals surface area contributed by atoms with Crippen molar-refractivity contribution in [2.75, 3.05) is 0 Å². The Hall–Kier alpha value is -2.19. The molecular weight excluding hydrogens is 324 g/mol. The summed E-state index contributed by atoms with van der Waals surface area (Å²) in [5, 5.41) is 2.32. The van der Waals surface area contributed by atoms with Gasteiger partial charge in [-0.2, -0.15) is 0 Å². The molecule has 0 atom stereocenters. The highest BCUT2D eigenvalue weighted by atomic mass is 79.9. The molecule has 0 radical (unpaired) electrons. The minimum Gasteiger partial charge on any atom is -0.299 e. The Balaban J connectivity index is 2.23. The van der Waals surface area contributed by atoms with Gasteiger partial charge in [0.2, 0.25) is 0 Å². The lowest BCUT2D eigenvalue weighted by Crippen LogP contribution is -1.90. The molecule has 0 amide bonds. The summed E-state index contributed by atoms with van der Waals surface area (Å²) in [7, 11) is 0. The number of carbonyl (C=O) groups is 1. The fraction of sp³-hybridized carbons (Fsp3) is 0. The summed E-state index contributed by atoms with van der Waals surface area (Å²) in [5.74, 6) is 0. The van der Waals surface area contributed by atoms with Crippen molar-refractivity contribution in [2.45, 2.75) is 0 Å². The zero-order valence-corrected chi connectivity index (χ0v) is 12.9. The van der Waals surface area contributed by atoms with E-state index in [-0.39, 0.29) is 0 Å². The highest BCUT2D eigenvalue weighted by Crippen LogP contribution is 2.30. The molecule has 102 valence electrons. The molecule has 3 aromatic rings. The molecule has 0 saturated heterocycles. The number of hydrogen-bond donors (Lipinski definition) is 0. The van der Waals surface area contributed by atoms with Crippen molar-refractivity contribution in [1.82, 2.24) is 0 Å². The molecule has 0 bridgehead atoms. The standard InChI is InChI=1S/C19H13BrO/c20-16-10-8-15(9-11-16)18(12-13-21)19-7-3-5-14-4-1-2-6-17(14)19/h1-13H/b18-12+. The van der Waals surface area contributed by atoms with Gasteiger partial charge < -0.3 is 0 Å². The van der Waals surface area contributed by atoms with E-state index >= 15 is 0 Å². The van der Waals surface area contributed by atoms with Gasteiger partial charge in [-0.05, 0) is 45.7 Å². The normalized spacial score (nSPS) is 11.6. The third-order valence-corrected chi connectivity index (χ3v) is 4.00. The molecule has 0 aliphatic carbocycles. The second kappa shape index (κ2) is 6.06. The van der Waals surface area contributed by atoms with Gasteiger partial charge in [0.1, 0.15) is 6.29 Å². The van der Waals surface area contributed by atoms with E-state index in [9.17, 15) is 4.79 Å². The molecule has 0 fully saturated rings. The maximum absolute atomic E-state index is 11.1. The van der Waals surface area contributed by atoms with Gasteiger partial charge in [0.25, 0.3) is 0 Å². The topological polar surface area (TPSA) is 17.1 Å². The molecule has 0 spiro atoms. The van der Waals surface area contributed by atoms with Crippen LogP contribution in [0.25, 0.3) is 16.3 Å². The summed E-state index contributed by atoms with van der Waals surface area (Å²) in [6, 6.07) is 22.4. The van der Waals surface area contributed by atoms with Crippen molar-refractivity contribution in [2.24, 2.45) is 0 Å². The zero-order chi connectivity index (χ0) is 14.7. The fourth-order valence-corrected chi connectivity index (χ4v) is 2.76. The maximum atomic E-state index is 11.1. The minimum atomic E-state index is 0.846. The summed E-state index contributed by atoms with van der Waals surface area (Å²) >= 11 is 3.44. The van der Waals surface area contributed by atoms with Gasteiger partial charge in [-0.15, -0.1) is 0 Å². The van der Waals surface area contributed by atoms with Gasteiger partial charge in [0.05, 0.1) is 0 Å². The van der Waals surface area contributed by atoms with Crippen molar-refractivity contribution < 1.29 is 4.79 Å². The van der Waals surface area contributed by atoms with Crippen LogP contribution in [0, 0.1) is 0 Å². The van der Waals surface area contributed by atoms with Crippen LogP contribution in [0.5, 0.6) is 0 Å². The monoisotopic (exact) mass is 336 g/mol. The van der Waals surface area contributed by atoms with Crippen molar-refractivity contribution in [3.05, 3.63) is 88.4 Å². The van der Waals surface area contributed by atoms with Gasteiger partial charge in [-0.3, -0.25) is 4.79 Å². The highest BCUT2D eigenvalue weighted by molar-refractivity contribution is 9.10. The van der Waals surface area contributed by atoms with Gasteiger partial charge in [0.15, 0.2) is 0 Å². The number of allylic oxidation sites excluding steroid dienone is 1. The summed E-state index contributed by atoms with van der Waals surface area (Å²) in [6.07, 6.45) is 2.48. The van der Waals surface area contributed by atoms with E-state index in [1.165, 1.54) is 5.39 Å². The smallest absolute Gasteiger partial charge is 0.143 e. The van der Waals surface area contributed by atoms with Crippen LogP contribution in [0.1, 0.15) is 11.1 Å². The summed E-state index contributed by atoms with van der Waals surface area (Å²) < 4.78 is 1.02. The molecule has 2 heteroatoms.